The lowest BCUT2D eigenvalue weighted by Gasteiger charge is -2.11. The van der Waals surface area contributed by atoms with Gasteiger partial charge in [-0.1, -0.05) is 80.0 Å². The van der Waals surface area contributed by atoms with Crippen LogP contribution in [0.15, 0.2) is 93.0 Å². The molecule has 8 heteroatoms. The normalized spacial score (nSPS) is 10.7. The van der Waals surface area contributed by atoms with Crippen molar-refractivity contribution in [2.45, 2.75) is 5.16 Å². The Labute approximate surface area is 195 Å². The van der Waals surface area contributed by atoms with Crippen molar-refractivity contribution >= 4 is 55.2 Å². The van der Waals surface area contributed by atoms with Crippen LogP contribution in [-0.2, 0) is 4.79 Å². The number of anilines is 1. The van der Waals surface area contributed by atoms with Gasteiger partial charge in [0.1, 0.15) is 0 Å². The van der Waals surface area contributed by atoms with Crippen LogP contribution in [0.4, 0.5) is 5.69 Å². The molecule has 0 radical (unpaired) electrons. The van der Waals surface area contributed by atoms with Gasteiger partial charge in [0.15, 0.2) is 11.0 Å². The molecule has 0 spiro atoms. The van der Waals surface area contributed by atoms with E-state index in [1.807, 2.05) is 83.4 Å². The van der Waals surface area contributed by atoms with Crippen molar-refractivity contribution in [2.75, 3.05) is 11.1 Å². The van der Waals surface area contributed by atoms with Gasteiger partial charge in [0.2, 0.25) is 5.91 Å². The van der Waals surface area contributed by atoms with E-state index in [9.17, 15) is 4.79 Å². The molecule has 3 aromatic carbocycles. The summed E-state index contributed by atoms with van der Waals surface area (Å²) in [6.07, 6.45) is 0. The van der Waals surface area contributed by atoms with E-state index in [0.717, 1.165) is 25.9 Å². The third-order valence-corrected chi connectivity index (χ3v) is 6.37. The number of amides is 1. The third kappa shape index (κ3) is 4.83. The van der Waals surface area contributed by atoms with E-state index >= 15 is 0 Å². The number of nitrogens with one attached hydrogen (secondary N) is 1. The number of thioether (sulfide) groups is 1. The lowest BCUT2D eigenvalue weighted by Crippen LogP contribution is -2.14. The first kappa shape index (κ1) is 20.8. The molecule has 0 fully saturated rings. The highest BCUT2D eigenvalue weighted by atomic mass is 79.9. The molecule has 5 nitrogen and oxygen atoms in total. The number of carbonyl (C=O) groups is 1. The molecule has 0 saturated heterocycles. The molecule has 30 heavy (non-hydrogen) atoms. The van der Waals surface area contributed by atoms with Gasteiger partial charge >= 0.3 is 0 Å². The quantitative estimate of drug-likeness (QED) is 0.294. The monoisotopic (exact) mass is 542 g/mol. The Morgan fingerprint density at radius 2 is 1.60 bits per heavy atom. The first-order chi connectivity index (χ1) is 14.6. The highest BCUT2D eigenvalue weighted by Gasteiger charge is 2.18. The van der Waals surface area contributed by atoms with Crippen LogP contribution < -0.4 is 5.32 Å². The van der Waals surface area contributed by atoms with Gasteiger partial charge in [-0.2, -0.15) is 0 Å². The highest BCUT2D eigenvalue weighted by Crippen LogP contribution is 2.32. The molecule has 1 heterocycles. The van der Waals surface area contributed by atoms with E-state index in [-0.39, 0.29) is 11.7 Å². The van der Waals surface area contributed by atoms with Gasteiger partial charge in [-0.25, -0.2) is 0 Å². The van der Waals surface area contributed by atoms with Gasteiger partial charge in [-0.3, -0.25) is 9.36 Å². The SMILES string of the molecule is O=C(CSc1nnc(-c2ccccc2Br)n1-c1ccccc1)Nc1ccc(Br)cc1. The molecule has 1 N–H and O–H groups in total. The lowest BCUT2D eigenvalue weighted by atomic mass is 10.2. The zero-order valence-corrected chi connectivity index (χ0v) is 19.6. The largest absolute Gasteiger partial charge is 0.325 e. The first-order valence-corrected chi connectivity index (χ1v) is 11.6. The lowest BCUT2D eigenvalue weighted by molar-refractivity contribution is -0.113. The molecule has 0 aliphatic heterocycles. The molecule has 0 aliphatic rings. The maximum absolute atomic E-state index is 12.4. The second-order valence-electron chi connectivity index (χ2n) is 6.30. The summed E-state index contributed by atoms with van der Waals surface area (Å²) in [4.78, 5) is 12.4. The molecule has 4 aromatic rings. The van der Waals surface area contributed by atoms with Crippen LogP contribution >= 0.6 is 43.6 Å². The summed E-state index contributed by atoms with van der Waals surface area (Å²) in [5, 5.41) is 12.3. The van der Waals surface area contributed by atoms with Crippen molar-refractivity contribution in [3.8, 4) is 17.1 Å². The molecule has 0 bridgehead atoms. The molecule has 150 valence electrons. The Morgan fingerprint density at radius 1 is 0.900 bits per heavy atom. The Hall–Kier alpha value is -2.42. The topological polar surface area (TPSA) is 59.8 Å². The van der Waals surface area contributed by atoms with Crippen molar-refractivity contribution < 1.29 is 4.79 Å². The number of para-hydroxylation sites is 1. The molecule has 0 atom stereocenters. The van der Waals surface area contributed by atoms with Crippen molar-refractivity contribution in [3.05, 3.63) is 87.8 Å². The standard InChI is InChI=1S/C22H16Br2N4OS/c23-15-10-12-16(13-11-15)25-20(29)14-30-22-27-26-21(18-8-4-5-9-19(18)24)28(22)17-6-2-1-3-7-17/h1-13H,14H2,(H,25,29). The Morgan fingerprint density at radius 3 is 2.33 bits per heavy atom. The van der Waals surface area contributed by atoms with E-state index in [0.29, 0.717) is 11.0 Å². The number of carbonyl (C=O) groups excluding carboxylic acids is 1. The minimum atomic E-state index is -0.104. The van der Waals surface area contributed by atoms with Crippen molar-refractivity contribution in [1.82, 2.24) is 14.8 Å². The number of hydrogen-bond donors (Lipinski definition) is 1. The number of rotatable bonds is 6. The van der Waals surface area contributed by atoms with E-state index in [1.54, 1.807) is 0 Å². The first-order valence-electron chi connectivity index (χ1n) is 9.06. The van der Waals surface area contributed by atoms with E-state index < -0.39 is 0 Å². The van der Waals surface area contributed by atoms with Gasteiger partial charge in [-0.05, 0) is 42.5 Å². The van der Waals surface area contributed by atoms with Crippen LogP contribution in [0, 0.1) is 0 Å². The minimum absolute atomic E-state index is 0.104. The van der Waals surface area contributed by atoms with Crippen LogP contribution in [0.2, 0.25) is 0 Å². The Balaban J connectivity index is 1.59. The summed E-state index contributed by atoms with van der Waals surface area (Å²) in [5.74, 6) is 0.827. The Kier molecular flexibility index (Phi) is 6.66. The van der Waals surface area contributed by atoms with Crippen molar-refractivity contribution in [3.63, 3.8) is 0 Å². The van der Waals surface area contributed by atoms with Crippen molar-refractivity contribution in [2.24, 2.45) is 0 Å². The Bertz CT molecular complexity index is 1160. The number of benzene rings is 3. The molecule has 1 amide bonds. The molecule has 4 rings (SSSR count). The fraction of sp³-hybridized carbons (Fsp3) is 0.0455. The highest BCUT2D eigenvalue weighted by molar-refractivity contribution is 9.10. The second kappa shape index (κ2) is 9.59. The van der Waals surface area contributed by atoms with Gasteiger partial charge in [0, 0.05) is 25.9 Å². The summed E-state index contributed by atoms with van der Waals surface area (Å²) in [5.41, 5.74) is 2.62. The molecular formula is C22H16Br2N4OS. The predicted octanol–water partition coefficient (Wildman–Crippen LogP) is 6.19. The molecule has 0 saturated carbocycles. The van der Waals surface area contributed by atoms with Gasteiger partial charge in [0.25, 0.3) is 0 Å². The van der Waals surface area contributed by atoms with E-state index in [2.05, 4.69) is 47.4 Å². The van der Waals surface area contributed by atoms with Crippen LogP contribution in [0.3, 0.4) is 0 Å². The molecular weight excluding hydrogens is 528 g/mol. The van der Waals surface area contributed by atoms with Gasteiger partial charge in [0.05, 0.1) is 5.75 Å². The van der Waals surface area contributed by atoms with E-state index in [1.165, 1.54) is 11.8 Å². The summed E-state index contributed by atoms with van der Waals surface area (Å²) in [7, 11) is 0. The zero-order chi connectivity index (χ0) is 20.9. The maximum atomic E-state index is 12.4. The molecule has 0 unspecified atom stereocenters. The average molecular weight is 544 g/mol. The summed E-state index contributed by atoms with van der Waals surface area (Å²) in [6.45, 7) is 0. The van der Waals surface area contributed by atoms with Crippen molar-refractivity contribution in [1.29, 1.82) is 0 Å². The smallest absolute Gasteiger partial charge is 0.234 e. The number of halogens is 2. The van der Waals surface area contributed by atoms with Gasteiger partial charge in [-0.15, -0.1) is 10.2 Å². The number of aromatic nitrogens is 3. The van der Waals surface area contributed by atoms with Gasteiger partial charge < -0.3 is 5.32 Å². The maximum Gasteiger partial charge on any atom is 0.234 e. The summed E-state index contributed by atoms with van der Waals surface area (Å²) in [6, 6.07) is 25.2. The number of hydrogen-bond acceptors (Lipinski definition) is 4. The zero-order valence-electron chi connectivity index (χ0n) is 15.6. The second-order valence-corrected chi connectivity index (χ2v) is 9.01. The predicted molar refractivity (Wildman–Crippen MR) is 128 cm³/mol. The average Bonchev–Trinajstić information content (AvgIpc) is 3.18. The number of nitrogens with zero attached hydrogens (tertiary/aromatic N) is 3. The van der Waals surface area contributed by atoms with Crippen LogP contribution in [0.25, 0.3) is 17.1 Å². The summed E-state index contributed by atoms with van der Waals surface area (Å²) < 4.78 is 3.86. The van der Waals surface area contributed by atoms with Crippen LogP contribution in [-0.4, -0.2) is 26.4 Å². The third-order valence-electron chi connectivity index (χ3n) is 4.22. The van der Waals surface area contributed by atoms with Crippen LogP contribution in [0.5, 0.6) is 0 Å². The molecule has 1 aromatic heterocycles. The molecule has 0 aliphatic carbocycles. The van der Waals surface area contributed by atoms with Crippen LogP contribution in [0.1, 0.15) is 0 Å². The summed E-state index contributed by atoms with van der Waals surface area (Å²) >= 11 is 8.34. The fourth-order valence-electron chi connectivity index (χ4n) is 2.85. The minimum Gasteiger partial charge on any atom is -0.325 e. The van der Waals surface area contributed by atoms with E-state index in [4.69, 9.17) is 0 Å². The fourth-order valence-corrected chi connectivity index (χ4v) is 4.33.